The zero-order valence-corrected chi connectivity index (χ0v) is 14.0. The van der Waals surface area contributed by atoms with Crippen LogP contribution in [-0.4, -0.2) is 31.9 Å². The molecule has 0 saturated heterocycles. The largest absolute Gasteiger partial charge is 0.333 e. The lowest BCUT2D eigenvalue weighted by atomic mass is 9.95. The molecule has 5 heteroatoms. The van der Waals surface area contributed by atoms with Crippen molar-refractivity contribution >= 4 is 5.91 Å². The molecule has 1 aliphatic carbocycles. The summed E-state index contributed by atoms with van der Waals surface area (Å²) in [4.78, 5) is 24.0. The SMILES string of the molecule is O=C(Cc1cccnc1)N1CCCn2ccnc2C1C1CCCC1. The van der Waals surface area contributed by atoms with E-state index < -0.39 is 0 Å². The van der Waals surface area contributed by atoms with Crippen LogP contribution in [0.4, 0.5) is 0 Å². The number of carbonyl (C=O) groups excluding carboxylic acids is 1. The minimum absolute atomic E-state index is 0.133. The van der Waals surface area contributed by atoms with Crippen LogP contribution in [0, 0.1) is 5.92 Å². The summed E-state index contributed by atoms with van der Waals surface area (Å²) in [6, 6.07) is 4.01. The second-order valence-electron chi connectivity index (χ2n) is 6.95. The number of amides is 1. The number of rotatable bonds is 3. The molecule has 3 heterocycles. The van der Waals surface area contributed by atoms with Crippen molar-refractivity contribution in [3.8, 4) is 0 Å². The smallest absolute Gasteiger partial charge is 0.227 e. The van der Waals surface area contributed by atoms with Crippen molar-refractivity contribution in [1.82, 2.24) is 19.4 Å². The first kappa shape index (κ1) is 15.4. The number of hydrogen-bond acceptors (Lipinski definition) is 3. The van der Waals surface area contributed by atoms with Gasteiger partial charge in [0.1, 0.15) is 5.82 Å². The Morgan fingerprint density at radius 2 is 2.04 bits per heavy atom. The van der Waals surface area contributed by atoms with E-state index in [2.05, 4.69) is 25.6 Å². The number of imidazole rings is 1. The highest BCUT2D eigenvalue weighted by Crippen LogP contribution is 2.40. The zero-order chi connectivity index (χ0) is 16.4. The Morgan fingerprint density at radius 1 is 1.17 bits per heavy atom. The number of hydrogen-bond donors (Lipinski definition) is 0. The molecule has 4 rings (SSSR count). The maximum absolute atomic E-state index is 13.1. The molecule has 2 aromatic heterocycles. The highest BCUT2D eigenvalue weighted by atomic mass is 16.2. The molecule has 0 bridgehead atoms. The summed E-state index contributed by atoms with van der Waals surface area (Å²) in [5.74, 6) is 1.83. The van der Waals surface area contributed by atoms with Crippen LogP contribution in [0.2, 0.25) is 0 Å². The molecule has 1 atom stereocenters. The van der Waals surface area contributed by atoms with Crippen molar-refractivity contribution < 1.29 is 4.79 Å². The van der Waals surface area contributed by atoms with Gasteiger partial charge in [0.15, 0.2) is 0 Å². The Kier molecular flexibility index (Phi) is 4.32. The van der Waals surface area contributed by atoms with E-state index in [9.17, 15) is 4.79 Å². The van der Waals surface area contributed by atoms with Crippen LogP contribution in [0.1, 0.15) is 49.5 Å². The van der Waals surface area contributed by atoms with E-state index in [1.807, 2.05) is 18.3 Å². The Morgan fingerprint density at radius 3 is 2.83 bits per heavy atom. The molecule has 0 aromatic carbocycles. The van der Waals surface area contributed by atoms with Crippen LogP contribution < -0.4 is 0 Å². The maximum atomic E-state index is 13.1. The van der Waals surface area contributed by atoms with Crippen LogP contribution in [0.5, 0.6) is 0 Å². The van der Waals surface area contributed by atoms with Gasteiger partial charge in [-0.15, -0.1) is 0 Å². The van der Waals surface area contributed by atoms with Gasteiger partial charge in [0.2, 0.25) is 5.91 Å². The molecule has 0 radical (unpaired) electrons. The van der Waals surface area contributed by atoms with Gasteiger partial charge in [0.05, 0.1) is 12.5 Å². The Labute approximate surface area is 142 Å². The number of pyridine rings is 1. The lowest BCUT2D eigenvalue weighted by molar-refractivity contribution is -0.134. The van der Waals surface area contributed by atoms with Crippen LogP contribution in [0.25, 0.3) is 0 Å². The van der Waals surface area contributed by atoms with Crippen molar-refractivity contribution in [1.29, 1.82) is 0 Å². The number of carbonyl (C=O) groups is 1. The Bertz CT molecular complexity index is 690. The molecular weight excluding hydrogens is 300 g/mol. The zero-order valence-electron chi connectivity index (χ0n) is 14.0. The average Bonchev–Trinajstić information content (AvgIpc) is 3.25. The molecule has 0 spiro atoms. The predicted octanol–water partition coefficient (Wildman–Crippen LogP) is 2.98. The normalized spacial score (nSPS) is 21.5. The third-order valence-electron chi connectivity index (χ3n) is 5.39. The minimum Gasteiger partial charge on any atom is -0.333 e. The molecule has 1 fully saturated rings. The van der Waals surface area contributed by atoms with Crippen LogP contribution in [0.15, 0.2) is 36.9 Å². The number of nitrogens with zero attached hydrogens (tertiary/aromatic N) is 4. The molecule has 1 unspecified atom stereocenters. The first-order valence-electron chi connectivity index (χ1n) is 9.02. The van der Waals surface area contributed by atoms with Gasteiger partial charge in [-0.1, -0.05) is 18.9 Å². The molecule has 126 valence electrons. The van der Waals surface area contributed by atoms with Crippen LogP contribution in [0.3, 0.4) is 0 Å². The number of fused-ring (bicyclic) bond motifs is 1. The molecule has 5 nitrogen and oxygen atoms in total. The second kappa shape index (κ2) is 6.75. The summed E-state index contributed by atoms with van der Waals surface area (Å²) in [7, 11) is 0. The van der Waals surface area contributed by atoms with Gasteiger partial charge >= 0.3 is 0 Å². The van der Waals surface area contributed by atoms with Gasteiger partial charge in [-0.05, 0) is 36.8 Å². The Hall–Kier alpha value is -2.17. The van der Waals surface area contributed by atoms with Crippen molar-refractivity contribution in [2.45, 2.75) is 51.1 Å². The molecule has 1 aliphatic heterocycles. The summed E-state index contributed by atoms with van der Waals surface area (Å²) in [5, 5.41) is 0. The van der Waals surface area contributed by atoms with Gasteiger partial charge in [0.25, 0.3) is 0 Å². The highest BCUT2D eigenvalue weighted by molar-refractivity contribution is 5.79. The third-order valence-corrected chi connectivity index (χ3v) is 5.39. The monoisotopic (exact) mass is 324 g/mol. The summed E-state index contributed by atoms with van der Waals surface area (Å²) in [5.41, 5.74) is 0.986. The van der Waals surface area contributed by atoms with Gasteiger partial charge < -0.3 is 9.47 Å². The summed E-state index contributed by atoms with van der Waals surface area (Å²) < 4.78 is 2.25. The maximum Gasteiger partial charge on any atom is 0.227 e. The van der Waals surface area contributed by atoms with Gasteiger partial charge in [-0.2, -0.15) is 0 Å². The van der Waals surface area contributed by atoms with Gasteiger partial charge in [-0.25, -0.2) is 4.98 Å². The van der Waals surface area contributed by atoms with Crippen molar-refractivity contribution in [3.63, 3.8) is 0 Å². The van der Waals surface area contributed by atoms with E-state index in [4.69, 9.17) is 0 Å². The molecule has 2 aromatic rings. The van der Waals surface area contributed by atoms with Crippen LogP contribution in [-0.2, 0) is 17.8 Å². The first-order valence-corrected chi connectivity index (χ1v) is 9.02. The minimum atomic E-state index is 0.133. The standard InChI is InChI=1S/C19H24N4O/c24-17(13-15-5-3-8-20-14-15)23-11-4-10-22-12-9-21-19(22)18(23)16-6-1-2-7-16/h3,5,8-9,12,14,16,18H,1-2,4,6-7,10-11,13H2. The molecule has 1 saturated carbocycles. The fourth-order valence-corrected chi connectivity index (χ4v) is 4.26. The van der Waals surface area contributed by atoms with Gasteiger partial charge in [0, 0.05) is 37.9 Å². The highest BCUT2D eigenvalue weighted by Gasteiger charge is 2.37. The molecular formula is C19H24N4O. The lowest BCUT2D eigenvalue weighted by Crippen LogP contribution is -2.39. The number of aryl methyl sites for hydroxylation is 1. The lowest BCUT2D eigenvalue weighted by Gasteiger charge is -2.33. The summed E-state index contributed by atoms with van der Waals surface area (Å²) >= 11 is 0. The van der Waals surface area contributed by atoms with E-state index >= 15 is 0 Å². The van der Waals surface area contributed by atoms with Crippen molar-refractivity contribution in [2.75, 3.05) is 6.54 Å². The van der Waals surface area contributed by atoms with E-state index in [-0.39, 0.29) is 11.9 Å². The average molecular weight is 324 g/mol. The quantitative estimate of drug-likeness (QED) is 0.872. The second-order valence-corrected chi connectivity index (χ2v) is 6.95. The van der Waals surface area contributed by atoms with Crippen LogP contribution >= 0.6 is 0 Å². The van der Waals surface area contributed by atoms with E-state index in [0.717, 1.165) is 30.9 Å². The van der Waals surface area contributed by atoms with E-state index in [0.29, 0.717) is 12.3 Å². The first-order chi connectivity index (χ1) is 11.8. The Balaban J connectivity index is 1.63. The van der Waals surface area contributed by atoms with Crippen molar-refractivity contribution in [3.05, 3.63) is 48.3 Å². The van der Waals surface area contributed by atoms with E-state index in [1.165, 1.54) is 25.7 Å². The van der Waals surface area contributed by atoms with E-state index in [1.54, 1.807) is 12.4 Å². The van der Waals surface area contributed by atoms with Gasteiger partial charge in [-0.3, -0.25) is 9.78 Å². The topological polar surface area (TPSA) is 51.0 Å². The third kappa shape index (κ3) is 2.95. The molecule has 0 N–H and O–H groups in total. The molecule has 24 heavy (non-hydrogen) atoms. The molecule has 2 aliphatic rings. The predicted molar refractivity (Wildman–Crippen MR) is 91.2 cm³/mol. The molecule has 1 amide bonds. The van der Waals surface area contributed by atoms with Crippen molar-refractivity contribution in [2.24, 2.45) is 5.92 Å². The summed E-state index contributed by atoms with van der Waals surface area (Å²) in [6.45, 7) is 1.78. The fraction of sp³-hybridized carbons (Fsp3) is 0.526. The number of aromatic nitrogens is 3. The fourth-order valence-electron chi connectivity index (χ4n) is 4.26. The summed E-state index contributed by atoms with van der Waals surface area (Å²) in [6.07, 6.45) is 13.8.